The van der Waals surface area contributed by atoms with Crippen LogP contribution < -0.4 is 19.1 Å². The van der Waals surface area contributed by atoms with Crippen LogP contribution in [0.4, 0.5) is 5.69 Å². The molecule has 1 N–H and O–H groups in total. The highest BCUT2D eigenvalue weighted by atomic mass is 35.5. The topological polar surface area (TPSA) is 84.9 Å². The number of fused-ring (bicyclic) bond motifs is 1. The van der Waals surface area contributed by atoms with Crippen LogP contribution in [0.1, 0.15) is 20.8 Å². The fraction of sp³-hybridized carbons (Fsp3) is 0.381. The van der Waals surface area contributed by atoms with Crippen molar-refractivity contribution in [1.82, 2.24) is 5.32 Å². The Bertz CT molecular complexity index is 1020. The highest BCUT2D eigenvalue weighted by Crippen LogP contribution is 2.39. The van der Waals surface area contributed by atoms with E-state index in [0.717, 1.165) is 0 Å². The van der Waals surface area contributed by atoms with Crippen LogP contribution >= 0.6 is 11.6 Å². The van der Waals surface area contributed by atoms with Gasteiger partial charge in [0.05, 0.1) is 24.2 Å². The van der Waals surface area contributed by atoms with Crippen LogP contribution in [0.25, 0.3) is 0 Å². The van der Waals surface area contributed by atoms with E-state index in [9.17, 15) is 13.2 Å². The van der Waals surface area contributed by atoms with Gasteiger partial charge in [-0.25, -0.2) is 8.42 Å². The van der Waals surface area contributed by atoms with E-state index in [4.69, 9.17) is 21.1 Å². The van der Waals surface area contributed by atoms with E-state index in [0.29, 0.717) is 16.5 Å². The maximum atomic E-state index is 13.4. The van der Waals surface area contributed by atoms with Crippen molar-refractivity contribution in [2.75, 3.05) is 18.0 Å². The number of amides is 1. The summed E-state index contributed by atoms with van der Waals surface area (Å²) < 4.78 is 38.9. The van der Waals surface area contributed by atoms with Gasteiger partial charge in [0.25, 0.3) is 15.9 Å². The van der Waals surface area contributed by atoms with Crippen molar-refractivity contribution < 1.29 is 22.7 Å². The summed E-state index contributed by atoms with van der Waals surface area (Å²) in [6.45, 7) is 5.71. The Balaban J connectivity index is 1.99. The zero-order valence-corrected chi connectivity index (χ0v) is 18.8. The smallest absolute Gasteiger partial charge is 0.264 e. The highest BCUT2D eigenvalue weighted by molar-refractivity contribution is 7.92. The first-order valence-electron chi connectivity index (χ1n) is 9.57. The van der Waals surface area contributed by atoms with Gasteiger partial charge in [0, 0.05) is 11.1 Å². The van der Waals surface area contributed by atoms with Gasteiger partial charge < -0.3 is 14.8 Å². The number of halogens is 1. The third kappa shape index (κ3) is 4.49. The minimum Gasteiger partial charge on any atom is -0.497 e. The van der Waals surface area contributed by atoms with Crippen molar-refractivity contribution in [2.24, 2.45) is 5.92 Å². The first-order valence-corrected chi connectivity index (χ1v) is 11.4. The minimum absolute atomic E-state index is 0.0748. The molecule has 162 valence electrons. The second-order valence-corrected chi connectivity index (χ2v) is 9.77. The molecule has 3 rings (SSSR count). The number of methoxy groups -OCH3 is 1. The van der Waals surface area contributed by atoms with Gasteiger partial charge >= 0.3 is 0 Å². The SMILES string of the molecule is COc1ccc(S(=O)(=O)N2C[C@H](C(=O)N[C@H](C)C(C)C)Oc3ccc(Cl)cc32)cc1. The number of anilines is 1. The fourth-order valence-electron chi connectivity index (χ4n) is 2.95. The number of sulfonamides is 1. The Kier molecular flexibility index (Phi) is 6.47. The maximum absolute atomic E-state index is 13.4. The lowest BCUT2D eigenvalue weighted by Gasteiger charge is -2.35. The summed E-state index contributed by atoms with van der Waals surface area (Å²) in [6.07, 6.45) is -0.993. The van der Waals surface area contributed by atoms with E-state index >= 15 is 0 Å². The average molecular weight is 453 g/mol. The first-order chi connectivity index (χ1) is 14.1. The molecule has 0 saturated heterocycles. The molecule has 7 nitrogen and oxygen atoms in total. The molecule has 1 amide bonds. The largest absolute Gasteiger partial charge is 0.497 e. The van der Waals surface area contributed by atoms with Gasteiger partial charge in [-0.2, -0.15) is 0 Å². The van der Waals surface area contributed by atoms with E-state index < -0.39 is 16.1 Å². The van der Waals surface area contributed by atoms with Crippen molar-refractivity contribution in [2.45, 2.75) is 37.8 Å². The molecule has 1 aliphatic heterocycles. The maximum Gasteiger partial charge on any atom is 0.264 e. The summed E-state index contributed by atoms with van der Waals surface area (Å²) in [5.41, 5.74) is 0.291. The number of hydrogen-bond acceptors (Lipinski definition) is 5. The van der Waals surface area contributed by atoms with Crippen molar-refractivity contribution in [1.29, 1.82) is 0 Å². The van der Waals surface area contributed by atoms with Crippen LogP contribution in [0.15, 0.2) is 47.4 Å². The molecule has 0 aromatic heterocycles. The number of carbonyl (C=O) groups is 1. The summed E-state index contributed by atoms with van der Waals surface area (Å²) >= 11 is 6.11. The summed E-state index contributed by atoms with van der Waals surface area (Å²) in [5.74, 6) is 0.675. The third-order valence-corrected chi connectivity index (χ3v) is 7.13. The van der Waals surface area contributed by atoms with Gasteiger partial charge in [0.2, 0.25) is 0 Å². The van der Waals surface area contributed by atoms with E-state index in [-0.39, 0.29) is 35.1 Å². The quantitative estimate of drug-likeness (QED) is 0.725. The Labute approximate surface area is 182 Å². The molecule has 2 aromatic rings. The monoisotopic (exact) mass is 452 g/mol. The summed E-state index contributed by atoms with van der Waals surface area (Å²) in [4.78, 5) is 12.9. The lowest BCUT2D eigenvalue weighted by molar-refractivity contribution is -0.128. The second-order valence-electron chi connectivity index (χ2n) is 7.47. The predicted molar refractivity (Wildman–Crippen MR) is 116 cm³/mol. The second kappa shape index (κ2) is 8.73. The van der Waals surface area contributed by atoms with E-state index in [1.54, 1.807) is 24.3 Å². The van der Waals surface area contributed by atoms with E-state index in [1.807, 2.05) is 20.8 Å². The van der Waals surface area contributed by atoms with Crippen LogP contribution in [0.5, 0.6) is 11.5 Å². The van der Waals surface area contributed by atoms with Crippen LogP contribution in [0.2, 0.25) is 5.02 Å². The average Bonchev–Trinajstić information content (AvgIpc) is 2.72. The Morgan fingerprint density at radius 3 is 2.47 bits per heavy atom. The number of benzene rings is 2. The summed E-state index contributed by atoms with van der Waals surface area (Å²) in [5, 5.41) is 3.25. The molecule has 30 heavy (non-hydrogen) atoms. The van der Waals surface area contributed by atoms with Gasteiger partial charge in [-0.05, 0) is 55.3 Å². The normalized spacial score (nSPS) is 17.1. The van der Waals surface area contributed by atoms with Crippen LogP contribution in [0.3, 0.4) is 0 Å². The number of rotatable bonds is 6. The van der Waals surface area contributed by atoms with Gasteiger partial charge in [0.1, 0.15) is 11.5 Å². The molecule has 0 fully saturated rings. The standard InChI is InChI=1S/C21H25ClN2O5S/c1-13(2)14(3)23-21(25)20-12-24(18-11-15(22)5-10-19(18)29-20)30(26,27)17-8-6-16(28-4)7-9-17/h5-11,13-14,20H,12H2,1-4H3,(H,23,25)/t14-,20-/m1/s1. The fourth-order valence-corrected chi connectivity index (χ4v) is 4.58. The van der Waals surface area contributed by atoms with Gasteiger partial charge in [-0.15, -0.1) is 0 Å². The van der Waals surface area contributed by atoms with Crippen molar-refractivity contribution >= 4 is 33.2 Å². The zero-order valence-electron chi connectivity index (χ0n) is 17.3. The molecule has 1 heterocycles. The molecule has 2 aromatic carbocycles. The third-order valence-electron chi connectivity index (χ3n) is 5.10. The van der Waals surface area contributed by atoms with Gasteiger partial charge in [0.15, 0.2) is 6.10 Å². The molecule has 0 aliphatic carbocycles. The van der Waals surface area contributed by atoms with Crippen molar-refractivity contribution in [3.63, 3.8) is 0 Å². The number of ether oxygens (including phenoxy) is 2. The number of hydrogen-bond donors (Lipinski definition) is 1. The van der Waals surface area contributed by atoms with Crippen LogP contribution in [-0.4, -0.2) is 40.1 Å². The molecule has 1 aliphatic rings. The Morgan fingerprint density at radius 2 is 1.87 bits per heavy atom. The van der Waals surface area contributed by atoms with Gasteiger partial charge in [-0.3, -0.25) is 9.10 Å². The van der Waals surface area contributed by atoms with Crippen LogP contribution in [-0.2, 0) is 14.8 Å². The first kappa shape index (κ1) is 22.2. The molecule has 0 spiro atoms. The van der Waals surface area contributed by atoms with Crippen LogP contribution in [0, 0.1) is 5.92 Å². The van der Waals surface area contributed by atoms with Crippen molar-refractivity contribution in [3.05, 3.63) is 47.5 Å². The van der Waals surface area contributed by atoms with E-state index in [1.165, 1.54) is 29.6 Å². The van der Waals surface area contributed by atoms with E-state index in [2.05, 4.69) is 5.32 Å². The Morgan fingerprint density at radius 1 is 1.20 bits per heavy atom. The molecule has 0 unspecified atom stereocenters. The summed E-state index contributed by atoms with van der Waals surface area (Å²) in [7, 11) is -2.46. The molecular formula is C21H25ClN2O5S. The molecule has 0 radical (unpaired) electrons. The van der Waals surface area contributed by atoms with Gasteiger partial charge in [-0.1, -0.05) is 25.4 Å². The molecular weight excluding hydrogens is 428 g/mol. The number of nitrogens with zero attached hydrogens (tertiary/aromatic N) is 1. The molecule has 0 saturated carbocycles. The molecule has 9 heteroatoms. The highest BCUT2D eigenvalue weighted by Gasteiger charge is 2.38. The lowest BCUT2D eigenvalue weighted by Crippen LogP contribution is -2.52. The predicted octanol–water partition coefficient (Wildman–Crippen LogP) is 3.47. The summed E-state index contributed by atoms with van der Waals surface area (Å²) in [6, 6.07) is 10.7. The lowest BCUT2D eigenvalue weighted by atomic mass is 10.1. The number of nitrogens with one attached hydrogen (secondary N) is 1. The number of carbonyl (C=O) groups excluding carboxylic acids is 1. The molecule has 2 atom stereocenters. The van der Waals surface area contributed by atoms with Crippen molar-refractivity contribution in [3.8, 4) is 11.5 Å². The Hall–Kier alpha value is -2.45. The minimum atomic E-state index is -3.97. The zero-order chi connectivity index (χ0) is 22.1. The molecule has 0 bridgehead atoms.